The highest BCUT2D eigenvalue weighted by atomic mass is 32.3. The molecule has 0 aliphatic carbocycles. The maximum absolute atomic E-state index is 12.7. The number of aromatic nitrogens is 2. The standard InChI is InChI=1S/C17H16F3N5S2/c1-9(10(2)21)13-14-15(26-16(13)22)17(25-8-24-14)23-7-11-3-5-12(6-4-11)27(18,19)20/h3-6,8,21-22H,7H2,1-2H3,(H,23,24,25)/b13-9-,21-10?,22-16?. The van der Waals surface area contributed by atoms with E-state index in [0.29, 0.717) is 50.4 Å². The first-order valence-electron chi connectivity index (χ1n) is 7.82. The molecule has 1 aliphatic heterocycles. The number of anilines is 1. The molecule has 3 N–H and O–H groups in total. The fourth-order valence-electron chi connectivity index (χ4n) is 2.52. The normalized spacial score (nSPS) is 16.1. The Hall–Kier alpha value is -2.33. The van der Waals surface area contributed by atoms with Crippen molar-refractivity contribution in [1.29, 1.82) is 10.8 Å². The van der Waals surface area contributed by atoms with Gasteiger partial charge in [0.1, 0.15) is 17.2 Å². The summed E-state index contributed by atoms with van der Waals surface area (Å²) in [4.78, 5) is 8.55. The SMILES string of the molecule is CC(=N)/C(C)=C1\C(=N)Sc2c(NCc3ccc(S(F)(F)F)cc3)ncnc21. The Morgan fingerprint density at radius 1 is 1.15 bits per heavy atom. The molecular formula is C17H16F3N5S2. The van der Waals surface area contributed by atoms with Gasteiger partial charge in [0.2, 0.25) is 11.2 Å². The van der Waals surface area contributed by atoms with E-state index in [1.807, 2.05) is 0 Å². The molecule has 0 spiro atoms. The van der Waals surface area contributed by atoms with Crippen molar-refractivity contribution in [3.63, 3.8) is 0 Å². The second-order valence-corrected chi connectivity index (χ2v) is 8.16. The number of rotatable bonds is 5. The summed E-state index contributed by atoms with van der Waals surface area (Å²) in [5.74, 6) is 0.519. The average molecular weight is 411 g/mol. The fourth-order valence-corrected chi connectivity index (χ4v) is 3.99. The predicted molar refractivity (Wildman–Crippen MR) is 105 cm³/mol. The molecule has 3 rings (SSSR count). The number of nitrogens with zero attached hydrogens (tertiary/aromatic N) is 2. The van der Waals surface area contributed by atoms with Gasteiger partial charge in [0.15, 0.2) is 0 Å². The number of hydrogen-bond donors (Lipinski definition) is 3. The van der Waals surface area contributed by atoms with Crippen LogP contribution in [0, 0.1) is 10.8 Å². The summed E-state index contributed by atoms with van der Waals surface area (Å²) in [6.45, 7) is 3.73. The van der Waals surface area contributed by atoms with Gasteiger partial charge < -0.3 is 10.7 Å². The summed E-state index contributed by atoms with van der Waals surface area (Å²) in [5, 5.41) is 19.4. The highest BCUT2D eigenvalue weighted by Crippen LogP contribution is 2.60. The maximum atomic E-state index is 12.7. The number of benzene rings is 1. The Morgan fingerprint density at radius 3 is 2.41 bits per heavy atom. The lowest BCUT2D eigenvalue weighted by Gasteiger charge is -2.12. The Morgan fingerprint density at radius 2 is 1.81 bits per heavy atom. The van der Waals surface area contributed by atoms with Crippen LogP contribution in [0.3, 0.4) is 0 Å². The highest BCUT2D eigenvalue weighted by Gasteiger charge is 2.29. The van der Waals surface area contributed by atoms with E-state index in [0.717, 1.165) is 12.1 Å². The lowest BCUT2D eigenvalue weighted by Crippen LogP contribution is -2.05. The minimum Gasteiger partial charge on any atom is -0.365 e. The van der Waals surface area contributed by atoms with Gasteiger partial charge in [-0.05, 0) is 37.1 Å². The summed E-state index contributed by atoms with van der Waals surface area (Å²) in [6.07, 6.45) is 1.38. The molecule has 2 heterocycles. The van der Waals surface area contributed by atoms with Crippen LogP contribution in [0.4, 0.5) is 17.5 Å². The van der Waals surface area contributed by atoms with Gasteiger partial charge in [0, 0.05) is 17.8 Å². The molecule has 0 saturated heterocycles. The number of thioether (sulfide) groups is 1. The van der Waals surface area contributed by atoms with Crippen LogP contribution in [0.2, 0.25) is 0 Å². The molecule has 0 fully saturated rings. The van der Waals surface area contributed by atoms with Crippen LogP contribution in [0.5, 0.6) is 0 Å². The van der Waals surface area contributed by atoms with E-state index >= 15 is 0 Å². The van der Waals surface area contributed by atoms with E-state index < -0.39 is 16.1 Å². The first-order chi connectivity index (χ1) is 12.7. The molecule has 2 aromatic rings. The zero-order valence-electron chi connectivity index (χ0n) is 14.4. The average Bonchev–Trinajstić information content (AvgIpc) is 2.95. The molecule has 0 radical (unpaired) electrons. The molecule has 0 unspecified atom stereocenters. The smallest absolute Gasteiger partial charge is 0.237 e. The Balaban J connectivity index is 1.84. The first-order valence-corrected chi connectivity index (χ1v) is 9.97. The summed E-state index contributed by atoms with van der Waals surface area (Å²) in [5.41, 5.74) is 2.95. The van der Waals surface area contributed by atoms with Gasteiger partial charge >= 0.3 is 0 Å². The van der Waals surface area contributed by atoms with Crippen molar-refractivity contribution in [3.05, 3.63) is 47.4 Å². The van der Waals surface area contributed by atoms with Crippen molar-refractivity contribution in [3.8, 4) is 0 Å². The van der Waals surface area contributed by atoms with Crippen LogP contribution >= 0.6 is 22.9 Å². The van der Waals surface area contributed by atoms with Crippen molar-refractivity contribution in [1.82, 2.24) is 9.97 Å². The molecule has 0 saturated carbocycles. The molecule has 27 heavy (non-hydrogen) atoms. The number of fused-ring (bicyclic) bond motifs is 1. The van der Waals surface area contributed by atoms with Gasteiger partial charge in [0.25, 0.3) is 0 Å². The number of halogens is 3. The molecule has 10 heteroatoms. The third kappa shape index (κ3) is 4.01. The molecule has 1 aliphatic rings. The van der Waals surface area contributed by atoms with Crippen molar-refractivity contribution in [2.24, 2.45) is 0 Å². The van der Waals surface area contributed by atoms with Crippen LogP contribution in [0.1, 0.15) is 25.1 Å². The second-order valence-electron chi connectivity index (χ2n) is 5.86. The Labute approximate surface area is 160 Å². The monoisotopic (exact) mass is 411 g/mol. The first kappa shape index (κ1) is 19.4. The molecule has 5 nitrogen and oxygen atoms in total. The largest absolute Gasteiger partial charge is 0.365 e. The predicted octanol–water partition coefficient (Wildman–Crippen LogP) is 5.80. The topological polar surface area (TPSA) is 85.5 Å². The maximum Gasteiger partial charge on any atom is 0.237 e. The van der Waals surface area contributed by atoms with Crippen LogP contribution in [-0.2, 0) is 6.54 Å². The minimum atomic E-state index is -5.21. The zero-order chi connectivity index (χ0) is 19.8. The van der Waals surface area contributed by atoms with Gasteiger partial charge in [-0.1, -0.05) is 23.9 Å². The van der Waals surface area contributed by atoms with Gasteiger partial charge in [-0.3, -0.25) is 5.41 Å². The summed E-state index contributed by atoms with van der Waals surface area (Å²) < 4.78 is 38.2. The summed E-state index contributed by atoms with van der Waals surface area (Å²) in [6, 6.07) is 5.04. The highest BCUT2D eigenvalue weighted by molar-refractivity contribution is 8.20. The summed E-state index contributed by atoms with van der Waals surface area (Å²) in [7, 11) is 0. The number of allylic oxidation sites excluding steroid dienone is 1. The van der Waals surface area contributed by atoms with E-state index in [1.54, 1.807) is 13.8 Å². The number of hydrogen-bond acceptors (Lipinski definition) is 6. The van der Waals surface area contributed by atoms with Crippen molar-refractivity contribution < 1.29 is 11.7 Å². The van der Waals surface area contributed by atoms with Crippen molar-refractivity contribution in [2.75, 3.05) is 5.32 Å². The minimum absolute atomic E-state index is 0.298. The van der Waals surface area contributed by atoms with Crippen LogP contribution in [0.25, 0.3) is 5.57 Å². The molecule has 0 bridgehead atoms. The lowest BCUT2D eigenvalue weighted by atomic mass is 10.0. The third-order valence-electron chi connectivity index (χ3n) is 4.06. The molecule has 0 amide bonds. The summed E-state index contributed by atoms with van der Waals surface area (Å²) >= 11 is -4.00. The van der Waals surface area contributed by atoms with Gasteiger partial charge in [-0.2, -0.15) is 0 Å². The molecular weight excluding hydrogens is 395 g/mol. The third-order valence-corrected chi connectivity index (χ3v) is 5.87. The lowest BCUT2D eigenvalue weighted by molar-refractivity contribution is 0.633. The van der Waals surface area contributed by atoms with E-state index in [1.165, 1.54) is 30.2 Å². The van der Waals surface area contributed by atoms with E-state index in [-0.39, 0.29) is 0 Å². The Bertz CT molecular complexity index is 952. The van der Waals surface area contributed by atoms with Crippen LogP contribution < -0.4 is 5.32 Å². The van der Waals surface area contributed by atoms with Gasteiger partial charge in [0.05, 0.1) is 15.5 Å². The number of nitrogens with one attached hydrogen (secondary N) is 3. The quantitative estimate of drug-likeness (QED) is 0.543. The fraction of sp³-hybridized carbons (Fsp3) is 0.176. The van der Waals surface area contributed by atoms with E-state index in [2.05, 4.69) is 15.3 Å². The van der Waals surface area contributed by atoms with E-state index in [4.69, 9.17) is 10.8 Å². The molecule has 142 valence electrons. The van der Waals surface area contributed by atoms with Crippen LogP contribution in [0.15, 0.2) is 46.0 Å². The van der Waals surface area contributed by atoms with Crippen LogP contribution in [-0.4, -0.2) is 20.7 Å². The van der Waals surface area contributed by atoms with Crippen molar-refractivity contribution in [2.45, 2.75) is 30.2 Å². The van der Waals surface area contributed by atoms with Crippen molar-refractivity contribution >= 4 is 45.1 Å². The Kier molecular flexibility index (Phi) is 5.29. The molecule has 0 atom stereocenters. The van der Waals surface area contributed by atoms with E-state index in [9.17, 15) is 11.7 Å². The van der Waals surface area contributed by atoms with Gasteiger partial charge in [-0.25, -0.2) is 9.97 Å². The van der Waals surface area contributed by atoms with Gasteiger partial charge in [-0.15, -0.1) is 11.7 Å². The second kappa shape index (κ2) is 7.35. The molecule has 1 aromatic heterocycles. The molecule has 1 aromatic carbocycles. The zero-order valence-corrected chi connectivity index (χ0v) is 16.1.